The highest BCUT2D eigenvalue weighted by molar-refractivity contribution is 6.30. The highest BCUT2D eigenvalue weighted by Crippen LogP contribution is 2.19. The van der Waals surface area contributed by atoms with E-state index in [1.807, 2.05) is 44.2 Å². The van der Waals surface area contributed by atoms with Crippen LogP contribution in [-0.4, -0.2) is 18.7 Å². The van der Waals surface area contributed by atoms with Gasteiger partial charge in [-0.15, -0.1) is 0 Å². The average molecular weight is 317 g/mol. The van der Waals surface area contributed by atoms with Crippen LogP contribution in [0.3, 0.4) is 0 Å². The normalized spacial score (nSPS) is 10.7. The van der Waals surface area contributed by atoms with Gasteiger partial charge in [0.2, 0.25) is 0 Å². The van der Waals surface area contributed by atoms with Gasteiger partial charge in [-0.25, -0.2) is 0 Å². The second kappa shape index (κ2) is 7.61. The molecule has 2 aromatic carbocycles. The molecule has 1 N–H and O–H groups in total. The molecule has 0 aliphatic carbocycles. The summed E-state index contributed by atoms with van der Waals surface area (Å²) in [5, 5.41) is 7.26. The number of benzene rings is 2. The van der Waals surface area contributed by atoms with E-state index in [1.165, 1.54) is 6.21 Å². The molecule has 2 aromatic rings. The van der Waals surface area contributed by atoms with Crippen molar-refractivity contribution >= 4 is 29.4 Å². The van der Waals surface area contributed by atoms with E-state index >= 15 is 0 Å². The lowest BCUT2D eigenvalue weighted by Crippen LogP contribution is -2.18. The van der Waals surface area contributed by atoms with E-state index < -0.39 is 0 Å². The van der Waals surface area contributed by atoms with Crippen molar-refractivity contribution < 1.29 is 9.63 Å². The summed E-state index contributed by atoms with van der Waals surface area (Å²) in [6, 6.07) is 13.0. The topological polar surface area (TPSA) is 50.7 Å². The largest absolute Gasteiger partial charge is 0.386 e. The third-order valence-corrected chi connectivity index (χ3v) is 3.34. The molecule has 0 spiro atoms. The third kappa shape index (κ3) is 4.60. The van der Waals surface area contributed by atoms with Gasteiger partial charge < -0.3 is 10.2 Å². The number of hydrogen-bond acceptors (Lipinski definition) is 3. The molecule has 2 rings (SSSR count). The lowest BCUT2D eigenvalue weighted by molar-refractivity contribution is -0.120. The number of hydrogen-bond donors (Lipinski definition) is 1. The maximum absolute atomic E-state index is 11.8. The van der Waals surface area contributed by atoms with Crippen LogP contribution in [0.5, 0.6) is 0 Å². The fraction of sp³-hybridized carbons (Fsp3) is 0.176. The zero-order valence-electron chi connectivity index (χ0n) is 12.5. The minimum Gasteiger partial charge on any atom is -0.386 e. The van der Waals surface area contributed by atoms with Gasteiger partial charge in [0.1, 0.15) is 0 Å². The first-order valence-corrected chi connectivity index (χ1v) is 7.21. The summed E-state index contributed by atoms with van der Waals surface area (Å²) in [4.78, 5) is 16.9. The lowest BCUT2D eigenvalue weighted by atomic mass is 10.1. The number of oxime groups is 1. The Kier molecular flexibility index (Phi) is 5.55. The van der Waals surface area contributed by atoms with E-state index in [0.717, 1.165) is 22.4 Å². The number of anilines is 1. The molecule has 0 atom stereocenters. The molecule has 0 unspecified atom stereocenters. The van der Waals surface area contributed by atoms with Crippen LogP contribution in [0.2, 0.25) is 5.02 Å². The van der Waals surface area contributed by atoms with Crippen molar-refractivity contribution in [3.63, 3.8) is 0 Å². The summed E-state index contributed by atoms with van der Waals surface area (Å²) in [5.74, 6) is -0.245. The summed E-state index contributed by atoms with van der Waals surface area (Å²) < 4.78 is 0. The summed E-state index contributed by atoms with van der Waals surface area (Å²) in [5.41, 5.74) is 3.69. The van der Waals surface area contributed by atoms with Gasteiger partial charge in [-0.05, 0) is 42.7 Å². The summed E-state index contributed by atoms with van der Waals surface area (Å²) in [6.45, 7) is 3.75. The molecular formula is C17H17ClN2O2. The number of nitrogens with one attached hydrogen (secondary N) is 1. The van der Waals surface area contributed by atoms with Crippen LogP contribution in [-0.2, 0) is 9.63 Å². The Labute approximate surface area is 134 Å². The van der Waals surface area contributed by atoms with Crippen molar-refractivity contribution in [3.8, 4) is 0 Å². The fourth-order valence-corrected chi connectivity index (χ4v) is 2.06. The molecule has 22 heavy (non-hydrogen) atoms. The molecule has 0 radical (unpaired) electrons. The number of para-hydroxylation sites is 1. The van der Waals surface area contributed by atoms with E-state index in [9.17, 15) is 4.79 Å². The first-order valence-electron chi connectivity index (χ1n) is 6.83. The Balaban J connectivity index is 1.84. The molecule has 4 nitrogen and oxygen atoms in total. The highest BCUT2D eigenvalue weighted by Gasteiger charge is 2.07. The minimum absolute atomic E-state index is 0.141. The SMILES string of the molecule is Cc1cccc(C)c1NC(=O)CO/N=C/c1ccc(Cl)cc1. The average Bonchev–Trinajstić information content (AvgIpc) is 2.49. The Bertz CT molecular complexity index is 661. The van der Waals surface area contributed by atoms with Crippen molar-refractivity contribution in [2.45, 2.75) is 13.8 Å². The van der Waals surface area contributed by atoms with Crippen LogP contribution in [0.15, 0.2) is 47.6 Å². The van der Waals surface area contributed by atoms with Crippen LogP contribution in [0.4, 0.5) is 5.69 Å². The molecule has 0 saturated heterocycles. The predicted octanol–water partition coefficient (Wildman–Crippen LogP) is 3.95. The Morgan fingerprint density at radius 2 is 1.82 bits per heavy atom. The Hall–Kier alpha value is -2.33. The number of nitrogens with zero attached hydrogens (tertiary/aromatic N) is 1. The molecule has 0 fully saturated rings. The van der Waals surface area contributed by atoms with Crippen LogP contribution < -0.4 is 5.32 Å². The number of carbonyl (C=O) groups is 1. The molecule has 0 aromatic heterocycles. The molecule has 0 bridgehead atoms. The van der Waals surface area contributed by atoms with E-state index in [4.69, 9.17) is 16.4 Å². The molecule has 0 saturated carbocycles. The quantitative estimate of drug-likeness (QED) is 0.671. The lowest BCUT2D eigenvalue weighted by Gasteiger charge is -2.10. The van der Waals surface area contributed by atoms with E-state index in [2.05, 4.69) is 10.5 Å². The zero-order valence-corrected chi connectivity index (χ0v) is 13.2. The number of amides is 1. The number of carbonyl (C=O) groups excluding carboxylic acids is 1. The Morgan fingerprint density at radius 1 is 1.18 bits per heavy atom. The molecule has 114 valence electrons. The summed E-state index contributed by atoms with van der Waals surface area (Å²) >= 11 is 5.79. The van der Waals surface area contributed by atoms with Crippen molar-refractivity contribution in [2.75, 3.05) is 11.9 Å². The molecule has 5 heteroatoms. The molecular weight excluding hydrogens is 300 g/mol. The van der Waals surface area contributed by atoms with Crippen LogP contribution >= 0.6 is 11.6 Å². The molecule has 0 heterocycles. The second-order valence-corrected chi connectivity index (χ2v) is 5.31. The van der Waals surface area contributed by atoms with Gasteiger partial charge in [0.15, 0.2) is 6.61 Å². The van der Waals surface area contributed by atoms with E-state index in [-0.39, 0.29) is 12.5 Å². The van der Waals surface area contributed by atoms with Crippen molar-refractivity contribution in [2.24, 2.45) is 5.16 Å². The van der Waals surface area contributed by atoms with Gasteiger partial charge in [0.25, 0.3) is 5.91 Å². The second-order valence-electron chi connectivity index (χ2n) is 4.87. The van der Waals surface area contributed by atoms with Gasteiger partial charge in [0, 0.05) is 10.7 Å². The first kappa shape index (κ1) is 16.0. The molecule has 0 aliphatic rings. The highest BCUT2D eigenvalue weighted by atomic mass is 35.5. The molecule has 0 aliphatic heterocycles. The zero-order chi connectivity index (χ0) is 15.9. The van der Waals surface area contributed by atoms with Gasteiger partial charge in [-0.1, -0.05) is 47.1 Å². The number of aryl methyl sites for hydroxylation is 2. The predicted molar refractivity (Wildman–Crippen MR) is 89.5 cm³/mol. The smallest absolute Gasteiger partial charge is 0.265 e. The van der Waals surface area contributed by atoms with Crippen LogP contribution in [0.25, 0.3) is 0 Å². The van der Waals surface area contributed by atoms with Crippen LogP contribution in [0, 0.1) is 13.8 Å². The van der Waals surface area contributed by atoms with E-state index in [0.29, 0.717) is 5.02 Å². The maximum Gasteiger partial charge on any atom is 0.265 e. The number of halogens is 1. The molecule has 1 amide bonds. The van der Waals surface area contributed by atoms with Crippen molar-refractivity contribution in [3.05, 3.63) is 64.2 Å². The Morgan fingerprint density at radius 3 is 2.45 bits per heavy atom. The van der Waals surface area contributed by atoms with Crippen LogP contribution in [0.1, 0.15) is 16.7 Å². The van der Waals surface area contributed by atoms with Gasteiger partial charge in [-0.2, -0.15) is 0 Å². The van der Waals surface area contributed by atoms with Gasteiger partial charge >= 0.3 is 0 Å². The summed E-state index contributed by atoms with van der Waals surface area (Å²) in [7, 11) is 0. The fourth-order valence-electron chi connectivity index (χ4n) is 1.93. The number of rotatable bonds is 5. The summed E-state index contributed by atoms with van der Waals surface area (Å²) in [6.07, 6.45) is 1.53. The van der Waals surface area contributed by atoms with E-state index in [1.54, 1.807) is 12.1 Å². The monoisotopic (exact) mass is 316 g/mol. The first-order chi connectivity index (χ1) is 10.6. The minimum atomic E-state index is -0.245. The third-order valence-electron chi connectivity index (χ3n) is 3.09. The van der Waals surface area contributed by atoms with Crippen molar-refractivity contribution in [1.29, 1.82) is 0 Å². The standard InChI is InChI=1S/C17H17ClN2O2/c1-12-4-3-5-13(2)17(12)20-16(21)11-22-19-10-14-6-8-15(18)9-7-14/h3-10H,11H2,1-2H3,(H,20,21)/b19-10+. The maximum atomic E-state index is 11.8. The van der Waals surface area contributed by atoms with Crippen molar-refractivity contribution in [1.82, 2.24) is 0 Å². The van der Waals surface area contributed by atoms with Gasteiger partial charge in [-0.3, -0.25) is 4.79 Å². The van der Waals surface area contributed by atoms with Gasteiger partial charge in [0.05, 0.1) is 6.21 Å².